The van der Waals surface area contributed by atoms with Crippen molar-refractivity contribution in [2.24, 2.45) is 0 Å². The first-order valence-corrected chi connectivity index (χ1v) is 6.61. The van der Waals surface area contributed by atoms with E-state index in [1.54, 1.807) is 29.2 Å². The average molecular weight is 274 g/mol. The number of nitrogens with zero attached hydrogens (tertiary/aromatic N) is 1. The maximum atomic E-state index is 12.5. The molecular weight excluding hydrogens is 256 g/mol. The molecule has 1 unspecified atom stereocenters. The molecule has 106 valence electrons. The van der Waals surface area contributed by atoms with Crippen molar-refractivity contribution in [3.8, 4) is 0 Å². The highest BCUT2D eigenvalue weighted by Gasteiger charge is 2.24. The number of hydrogen-bond acceptors (Lipinski definition) is 3. The summed E-state index contributed by atoms with van der Waals surface area (Å²) >= 11 is 0. The number of β-amino-alcohol motifs (C(OH)–C–C–N with tert-alkyl or cyclic N) is 1. The maximum Gasteiger partial charge on any atom is 0.256 e. The van der Waals surface area contributed by atoms with Crippen LogP contribution in [0.5, 0.6) is 0 Å². The molecule has 0 spiro atoms. The summed E-state index contributed by atoms with van der Waals surface area (Å²) in [4.78, 5) is 25.5. The second-order valence-corrected chi connectivity index (χ2v) is 4.79. The zero-order valence-corrected chi connectivity index (χ0v) is 11.2. The number of carbonyl (C=O) groups excluding carboxylic acids is 2. The minimum absolute atomic E-state index is 0.177. The summed E-state index contributed by atoms with van der Waals surface area (Å²) in [6, 6.07) is 6.84. The number of hydrogen-bond donors (Lipinski definition) is 2. The second kappa shape index (κ2) is 6.34. The zero-order chi connectivity index (χ0) is 14.5. The number of aliphatic hydroxyl groups is 1. The van der Waals surface area contributed by atoms with Gasteiger partial charge < -0.3 is 15.3 Å². The standard InChI is InChI=1S/C15H18N2O3/c1-2-14(19)16-13-8-4-3-7-12(13)15(20)17-9-5-6-11(18)10-17/h2-4,7-8,11,18H,1,5-6,9-10H2,(H,16,19). The summed E-state index contributed by atoms with van der Waals surface area (Å²) in [6.45, 7) is 4.35. The number of rotatable bonds is 3. The molecule has 0 radical (unpaired) electrons. The van der Waals surface area contributed by atoms with Crippen LogP contribution >= 0.6 is 0 Å². The first kappa shape index (κ1) is 14.3. The highest BCUT2D eigenvalue weighted by atomic mass is 16.3. The van der Waals surface area contributed by atoms with E-state index < -0.39 is 6.10 Å². The summed E-state index contributed by atoms with van der Waals surface area (Å²) in [6.07, 6.45) is 2.20. The molecule has 0 aliphatic carbocycles. The van der Waals surface area contributed by atoms with Crippen LogP contribution in [-0.2, 0) is 4.79 Å². The summed E-state index contributed by atoms with van der Waals surface area (Å²) in [7, 11) is 0. The SMILES string of the molecule is C=CC(=O)Nc1ccccc1C(=O)N1CCCC(O)C1. The molecule has 20 heavy (non-hydrogen) atoms. The van der Waals surface area contributed by atoms with E-state index in [2.05, 4.69) is 11.9 Å². The van der Waals surface area contributed by atoms with Crippen LogP contribution in [0, 0.1) is 0 Å². The zero-order valence-electron chi connectivity index (χ0n) is 11.2. The molecular formula is C15H18N2O3. The van der Waals surface area contributed by atoms with Crippen LogP contribution in [0.3, 0.4) is 0 Å². The highest BCUT2D eigenvalue weighted by Crippen LogP contribution is 2.20. The summed E-state index contributed by atoms with van der Waals surface area (Å²) < 4.78 is 0. The van der Waals surface area contributed by atoms with Gasteiger partial charge in [-0.2, -0.15) is 0 Å². The van der Waals surface area contributed by atoms with Gasteiger partial charge in [0.05, 0.1) is 17.4 Å². The topological polar surface area (TPSA) is 69.6 Å². The van der Waals surface area contributed by atoms with Crippen LogP contribution < -0.4 is 5.32 Å². The lowest BCUT2D eigenvalue weighted by molar-refractivity contribution is -0.111. The van der Waals surface area contributed by atoms with Crippen LogP contribution in [0.25, 0.3) is 0 Å². The lowest BCUT2D eigenvalue weighted by atomic mass is 10.1. The molecule has 1 heterocycles. The fourth-order valence-electron chi connectivity index (χ4n) is 2.27. The lowest BCUT2D eigenvalue weighted by Crippen LogP contribution is -2.42. The number of anilines is 1. The second-order valence-electron chi connectivity index (χ2n) is 4.79. The number of likely N-dealkylation sites (tertiary alicyclic amines) is 1. The number of aliphatic hydroxyl groups excluding tert-OH is 1. The quantitative estimate of drug-likeness (QED) is 0.819. The van der Waals surface area contributed by atoms with Gasteiger partial charge >= 0.3 is 0 Å². The normalized spacial score (nSPS) is 18.4. The summed E-state index contributed by atoms with van der Waals surface area (Å²) in [5.41, 5.74) is 0.888. The van der Waals surface area contributed by atoms with Crippen molar-refractivity contribution in [2.45, 2.75) is 18.9 Å². The predicted octanol–water partition coefficient (Wildman–Crippen LogP) is 1.41. The van der Waals surface area contributed by atoms with Crippen molar-refractivity contribution in [1.29, 1.82) is 0 Å². The summed E-state index contributed by atoms with van der Waals surface area (Å²) in [5.74, 6) is -0.535. The Morgan fingerprint density at radius 1 is 1.40 bits per heavy atom. The first-order chi connectivity index (χ1) is 9.61. The minimum atomic E-state index is -0.470. The van der Waals surface area contributed by atoms with E-state index in [-0.39, 0.29) is 11.8 Å². The Labute approximate surface area is 117 Å². The van der Waals surface area contributed by atoms with Gasteiger partial charge in [-0.3, -0.25) is 9.59 Å². The van der Waals surface area contributed by atoms with Gasteiger partial charge in [0.15, 0.2) is 0 Å². The van der Waals surface area contributed by atoms with Crippen LogP contribution in [0.1, 0.15) is 23.2 Å². The van der Waals surface area contributed by atoms with Crippen LogP contribution in [0.2, 0.25) is 0 Å². The highest BCUT2D eigenvalue weighted by molar-refractivity contribution is 6.06. The Morgan fingerprint density at radius 3 is 2.85 bits per heavy atom. The molecule has 1 aromatic carbocycles. The predicted molar refractivity (Wildman–Crippen MR) is 76.4 cm³/mol. The van der Waals surface area contributed by atoms with Crippen molar-refractivity contribution in [3.05, 3.63) is 42.5 Å². The number of nitrogens with one attached hydrogen (secondary N) is 1. The Kier molecular flexibility index (Phi) is 4.53. The maximum absolute atomic E-state index is 12.5. The molecule has 2 N–H and O–H groups in total. The van der Waals surface area contributed by atoms with E-state index >= 15 is 0 Å². The van der Waals surface area contributed by atoms with Crippen molar-refractivity contribution in [1.82, 2.24) is 4.90 Å². The van der Waals surface area contributed by atoms with E-state index in [9.17, 15) is 14.7 Å². The van der Waals surface area contributed by atoms with Gasteiger partial charge in [0, 0.05) is 13.1 Å². The first-order valence-electron chi connectivity index (χ1n) is 6.61. The molecule has 2 rings (SSSR count). The van der Waals surface area contributed by atoms with Gasteiger partial charge in [-0.05, 0) is 31.1 Å². The Morgan fingerprint density at radius 2 is 2.15 bits per heavy atom. The number of benzene rings is 1. The molecule has 1 aliphatic heterocycles. The molecule has 1 fully saturated rings. The van der Waals surface area contributed by atoms with E-state index in [4.69, 9.17) is 0 Å². The van der Waals surface area contributed by atoms with Gasteiger partial charge in [-0.15, -0.1) is 0 Å². The Balaban J connectivity index is 2.20. The molecule has 5 heteroatoms. The molecule has 5 nitrogen and oxygen atoms in total. The van der Waals surface area contributed by atoms with Crippen LogP contribution in [0.15, 0.2) is 36.9 Å². The Bertz CT molecular complexity index is 528. The molecule has 0 aromatic heterocycles. The summed E-state index contributed by atoms with van der Waals surface area (Å²) in [5, 5.41) is 12.3. The van der Waals surface area contributed by atoms with E-state index in [1.165, 1.54) is 0 Å². The van der Waals surface area contributed by atoms with Gasteiger partial charge in [-0.1, -0.05) is 18.7 Å². The molecule has 1 atom stereocenters. The number of amides is 2. The van der Waals surface area contributed by atoms with E-state index in [0.717, 1.165) is 18.9 Å². The van der Waals surface area contributed by atoms with Crippen molar-refractivity contribution in [3.63, 3.8) is 0 Å². The third-order valence-electron chi connectivity index (χ3n) is 3.28. The van der Waals surface area contributed by atoms with Gasteiger partial charge in [-0.25, -0.2) is 0 Å². The Hall–Kier alpha value is -2.14. The minimum Gasteiger partial charge on any atom is -0.391 e. The van der Waals surface area contributed by atoms with E-state index in [1.807, 2.05) is 0 Å². The largest absolute Gasteiger partial charge is 0.391 e. The number of carbonyl (C=O) groups is 2. The molecule has 1 aromatic rings. The smallest absolute Gasteiger partial charge is 0.256 e. The third-order valence-corrected chi connectivity index (χ3v) is 3.28. The lowest BCUT2D eigenvalue weighted by Gasteiger charge is -2.30. The fourth-order valence-corrected chi connectivity index (χ4v) is 2.27. The molecule has 0 bridgehead atoms. The third kappa shape index (κ3) is 3.24. The van der Waals surface area contributed by atoms with Gasteiger partial charge in [0.1, 0.15) is 0 Å². The average Bonchev–Trinajstić information content (AvgIpc) is 2.47. The fraction of sp³-hybridized carbons (Fsp3) is 0.333. The van der Waals surface area contributed by atoms with Crippen molar-refractivity contribution < 1.29 is 14.7 Å². The van der Waals surface area contributed by atoms with Crippen molar-refractivity contribution >= 4 is 17.5 Å². The van der Waals surface area contributed by atoms with Crippen molar-refractivity contribution in [2.75, 3.05) is 18.4 Å². The van der Waals surface area contributed by atoms with Crippen LogP contribution in [0.4, 0.5) is 5.69 Å². The number of piperidine rings is 1. The van der Waals surface area contributed by atoms with Crippen LogP contribution in [-0.4, -0.2) is 41.0 Å². The molecule has 0 saturated carbocycles. The molecule has 2 amide bonds. The monoisotopic (exact) mass is 274 g/mol. The molecule has 1 saturated heterocycles. The van der Waals surface area contributed by atoms with Gasteiger partial charge in [0.25, 0.3) is 5.91 Å². The van der Waals surface area contributed by atoms with Gasteiger partial charge in [0.2, 0.25) is 5.91 Å². The molecule has 1 aliphatic rings. The van der Waals surface area contributed by atoms with E-state index in [0.29, 0.717) is 24.3 Å². The number of para-hydroxylation sites is 1.